The normalized spacial score (nSPS) is 12.0. The second-order valence-corrected chi connectivity index (χ2v) is 9.03. The van der Waals surface area contributed by atoms with Gasteiger partial charge in [0.1, 0.15) is 12.4 Å². The zero-order valence-electron chi connectivity index (χ0n) is 21.1. The van der Waals surface area contributed by atoms with Gasteiger partial charge in [-0.05, 0) is 61.6 Å². The van der Waals surface area contributed by atoms with Crippen LogP contribution in [-0.4, -0.2) is 29.3 Å². The third kappa shape index (κ3) is 8.57. The predicted octanol–water partition coefficient (Wildman–Crippen LogP) is 7.91. The van der Waals surface area contributed by atoms with E-state index in [0.29, 0.717) is 6.61 Å². The SMILES string of the molecule is CCCCCCCc1ccc(-c2cnc(-c3ccc(OCC(C)OCCCC)cc3)nc2)cc1. The Kier molecular flexibility index (Phi) is 11.1. The van der Waals surface area contributed by atoms with Crippen molar-refractivity contribution in [3.05, 3.63) is 66.5 Å². The lowest BCUT2D eigenvalue weighted by molar-refractivity contribution is 0.0309. The van der Waals surface area contributed by atoms with Crippen LogP contribution in [0.5, 0.6) is 5.75 Å². The summed E-state index contributed by atoms with van der Waals surface area (Å²) in [6.07, 6.45) is 13.9. The number of nitrogens with zero attached hydrogens (tertiary/aromatic N) is 2. The Labute approximate surface area is 205 Å². The lowest BCUT2D eigenvalue weighted by Gasteiger charge is -2.14. The molecule has 1 aromatic heterocycles. The van der Waals surface area contributed by atoms with Crippen molar-refractivity contribution < 1.29 is 9.47 Å². The van der Waals surface area contributed by atoms with Crippen molar-refractivity contribution in [3.8, 4) is 28.3 Å². The van der Waals surface area contributed by atoms with Gasteiger partial charge in [-0.3, -0.25) is 0 Å². The van der Waals surface area contributed by atoms with E-state index < -0.39 is 0 Å². The molecule has 0 radical (unpaired) electrons. The average molecular weight is 461 g/mol. The van der Waals surface area contributed by atoms with Crippen LogP contribution >= 0.6 is 0 Å². The van der Waals surface area contributed by atoms with E-state index in [1.807, 2.05) is 43.6 Å². The van der Waals surface area contributed by atoms with Gasteiger partial charge in [-0.2, -0.15) is 0 Å². The quantitative estimate of drug-likeness (QED) is 0.216. The zero-order valence-corrected chi connectivity index (χ0v) is 21.1. The van der Waals surface area contributed by atoms with Crippen LogP contribution in [0.15, 0.2) is 60.9 Å². The maximum absolute atomic E-state index is 5.85. The summed E-state index contributed by atoms with van der Waals surface area (Å²) in [5, 5.41) is 0. The molecule has 4 heteroatoms. The summed E-state index contributed by atoms with van der Waals surface area (Å²) < 4.78 is 11.6. The maximum atomic E-state index is 5.85. The minimum Gasteiger partial charge on any atom is -0.491 e. The number of ether oxygens (including phenoxy) is 2. The second kappa shape index (κ2) is 14.5. The first-order valence-corrected chi connectivity index (χ1v) is 13.0. The first-order valence-electron chi connectivity index (χ1n) is 13.0. The molecule has 0 aliphatic rings. The van der Waals surface area contributed by atoms with Crippen molar-refractivity contribution in [2.75, 3.05) is 13.2 Å². The van der Waals surface area contributed by atoms with Crippen molar-refractivity contribution in [1.29, 1.82) is 0 Å². The van der Waals surface area contributed by atoms with Gasteiger partial charge in [0.2, 0.25) is 0 Å². The Morgan fingerprint density at radius 3 is 2.03 bits per heavy atom. The first kappa shape index (κ1) is 25.9. The summed E-state index contributed by atoms with van der Waals surface area (Å²) >= 11 is 0. The molecule has 0 saturated heterocycles. The van der Waals surface area contributed by atoms with Gasteiger partial charge in [0, 0.05) is 30.1 Å². The summed E-state index contributed by atoms with van der Waals surface area (Å²) in [5.74, 6) is 1.55. The molecule has 3 rings (SSSR count). The zero-order chi connectivity index (χ0) is 24.0. The lowest BCUT2D eigenvalue weighted by atomic mass is 10.0. The van der Waals surface area contributed by atoms with Crippen LogP contribution in [0.2, 0.25) is 0 Å². The van der Waals surface area contributed by atoms with Crippen LogP contribution in [0.1, 0.15) is 71.3 Å². The molecule has 2 aromatic carbocycles. The van der Waals surface area contributed by atoms with Crippen molar-refractivity contribution in [1.82, 2.24) is 9.97 Å². The van der Waals surface area contributed by atoms with Crippen molar-refractivity contribution >= 4 is 0 Å². The molecule has 0 spiro atoms. The highest BCUT2D eigenvalue weighted by atomic mass is 16.5. The molecular formula is C30H40N2O2. The number of aryl methyl sites for hydroxylation is 1. The molecule has 34 heavy (non-hydrogen) atoms. The highest BCUT2D eigenvalue weighted by Gasteiger charge is 2.06. The molecule has 0 N–H and O–H groups in total. The Bertz CT molecular complexity index is 937. The van der Waals surface area contributed by atoms with Gasteiger partial charge in [-0.1, -0.05) is 70.2 Å². The van der Waals surface area contributed by atoms with Crippen molar-refractivity contribution in [3.63, 3.8) is 0 Å². The highest BCUT2D eigenvalue weighted by Crippen LogP contribution is 2.23. The van der Waals surface area contributed by atoms with E-state index in [4.69, 9.17) is 9.47 Å². The molecule has 0 amide bonds. The van der Waals surface area contributed by atoms with Gasteiger partial charge in [0.05, 0.1) is 6.10 Å². The fourth-order valence-electron chi connectivity index (χ4n) is 3.81. The van der Waals surface area contributed by atoms with Gasteiger partial charge >= 0.3 is 0 Å². The van der Waals surface area contributed by atoms with Crippen LogP contribution in [0, 0.1) is 0 Å². The first-order chi connectivity index (χ1) is 16.7. The van der Waals surface area contributed by atoms with Crippen molar-refractivity contribution in [2.24, 2.45) is 0 Å². The molecule has 4 nitrogen and oxygen atoms in total. The number of hydrogen-bond donors (Lipinski definition) is 0. The van der Waals surface area contributed by atoms with E-state index in [9.17, 15) is 0 Å². The van der Waals surface area contributed by atoms with E-state index in [1.165, 1.54) is 37.7 Å². The number of hydrogen-bond acceptors (Lipinski definition) is 4. The van der Waals surface area contributed by atoms with Crippen LogP contribution in [0.4, 0.5) is 0 Å². The van der Waals surface area contributed by atoms with E-state index in [-0.39, 0.29) is 6.10 Å². The standard InChI is InChI=1S/C30H40N2O2/c1-4-6-8-9-10-11-25-12-14-26(15-13-25)28-21-31-30(32-22-28)27-16-18-29(19-17-27)34-23-24(3)33-20-7-5-2/h12-19,21-22,24H,4-11,20,23H2,1-3H3. The van der Waals surface area contributed by atoms with Crippen LogP contribution in [0.25, 0.3) is 22.5 Å². The lowest BCUT2D eigenvalue weighted by Crippen LogP contribution is -2.18. The Morgan fingerprint density at radius 2 is 1.35 bits per heavy atom. The van der Waals surface area contributed by atoms with Gasteiger partial charge in [-0.25, -0.2) is 9.97 Å². The molecule has 3 aromatic rings. The molecule has 0 fully saturated rings. The Morgan fingerprint density at radius 1 is 0.706 bits per heavy atom. The number of aromatic nitrogens is 2. The summed E-state index contributed by atoms with van der Waals surface area (Å²) in [6.45, 7) is 7.80. The topological polar surface area (TPSA) is 44.2 Å². The van der Waals surface area contributed by atoms with E-state index in [2.05, 4.69) is 48.1 Å². The van der Waals surface area contributed by atoms with E-state index >= 15 is 0 Å². The fraction of sp³-hybridized carbons (Fsp3) is 0.467. The summed E-state index contributed by atoms with van der Waals surface area (Å²) in [7, 11) is 0. The van der Waals surface area contributed by atoms with Crippen molar-refractivity contribution in [2.45, 2.75) is 78.2 Å². The third-order valence-corrected chi connectivity index (χ3v) is 6.01. The second-order valence-electron chi connectivity index (χ2n) is 9.03. The van der Waals surface area contributed by atoms with E-state index in [0.717, 1.165) is 54.1 Å². The molecule has 1 heterocycles. The summed E-state index contributed by atoms with van der Waals surface area (Å²) in [5.41, 5.74) is 4.57. The molecule has 0 aliphatic heterocycles. The molecule has 0 bridgehead atoms. The molecular weight excluding hydrogens is 420 g/mol. The van der Waals surface area contributed by atoms with E-state index in [1.54, 1.807) is 0 Å². The molecule has 1 unspecified atom stereocenters. The van der Waals surface area contributed by atoms with Gasteiger partial charge < -0.3 is 9.47 Å². The van der Waals surface area contributed by atoms with Gasteiger partial charge in [-0.15, -0.1) is 0 Å². The van der Waals surface area contributed by atoms with Gasteiger partial charge in [0.25, 0.3) is 0 Å². The monoisotopic (exact) mass is 460 g/mol. The number of benzene rings is 2. The molecule has 0 aliphatic carbocycles. The maximum Gasteiger partial charge on any atom is 0.159 e. The Balaban J connectivity index is 1.50. The molecule has 0 saturated carbocycles. The molecule has 1 atom stereocenters. The number of rotatable bonds is 15. The van der Waals surface area contributed by atoms with Crippen LogP contribution < -0.4 is 4.74 Å². The smallest absolute Gasteiger partial charge is 0.159 e. The summed E-state index contributed by atoms with van der Waals surface area (Å²) in [4.78, 5) is 9.20. The van der Waals surface area contributed by atoms with Crippen LogP contribution in [-0.2, 0) is 11.2 Å². The van der Waals surface area contributed by atoms with Crippen LogP contribution in [0.3, 0.4) is 0 Å². The fourth-order valence-corrected chi connectivity index (χ4v) is 3.81. The average Bonchev–Trinajstić information content (AvgIpc) is 2.88. The minimum atomic E-state index is 0.0852. The highest BCUT2D eigenvalue weighted by molar-refractivity contribution is 5.64. The molecule has 182 valence electrons. The Hall–Kier alpha value is -2.72. The largest absolute Gasteiger partial charge is 0.491 e. The third-order valence-electron chi connectivity index (χ3n) is 6.01. The minimum absolute atomic E-state index is 0.0852. The number of unbranched alkanes of at least 4 members (excludes halogenated alkanes) is 5. The predicted molar refractivity (Wildman–Crippen MR) is 141 cm³/mol. The van der Waals surface area contributed by atoms with Gasteiger partial charge in [0.15, 0.2) is 5.82 Å². The summed E-state index contributed by atoms with van der Waals surface area (Å²) in [6, 6.07) is 16.8.